The number of nitrogens with zero attached hydrogens (tertiary/aromatic N) is 6. The lowest BCUT2D eigenvalue weighted by molar-refractivity contribution is 0.691. The predicted octanol–water partition coefficient (Wildman–Crippen LogP) is 4.28. The van der Waals surface area contributed by atoms with Crippen molar-refractivity contribution in [1.82, 2.24) is 29.3 Å². The molecule has 164 valence electrons. The maximum atomic E-state index is 13.2. The largest absolute Gasteiger partial charge is 0.333 e. The van der Waals surface area contributed by atoms with Crippen molar-refractivity contribution in [2.45, 2.75) is 26.3 Å². The SMILES string of the molecule is CCCc1cn(-c2ccccc2)c(=O)n1Cc1ccc(-c2ccccc2-n2cnnn2)cc1. The van der Waals surface area contributed by atoms with Gasteiger partial charge in [0.15, 0.2) is 0 Å². The van der Waals surface area contributed by atoms with Crippen molar-refractivity contribution in [2.75, 3.05) is 0 Å². The van der Waals surface area contributed by atoms with Crippen LogP contribution in [0.3, 0.4) is 0 Å². The molecule has 5 aromatic rings. The van der Waals surface area contributed by atoms with Crippen molar-refractivity contribution in [3.05, 3.63) is 113 Å². The fraction of sp³-hybridized carbons (Fsp3) is 0.154. The van der Waals surface area contributed by atoms with Gasteiger partial charge in [0.1, 0.15) is 6.33 Å². The van der Waals surface area contributed by atoms with Gasteiger partial charge in [-0.25, -0.2) is 4.79 Å². The van der Waals surface area contributed by atoms with Gasteiger partial charge in [0.05, 0.1) is 17.9 Å². The monoisotopic (exact) mass is 436 g/mol. The van der Waals surface area contributed by atoms with Crippen LogP contribution in [0.2, 0.25) is 0 Å². The van der Waals surface area contributed by atoms with Gasteiger partial charge in [0.2, 0.25) is 0 Å². The minimum atomic E-state index is -0.0160. The van der Waals surface area contributed by atoms with E-state index in [9.17, 15) is 4.79 Å². The van der Waals surface area contributed by atoms with E-state index < -0.39 is 0 Å². The number of hydrogen-bond acceptors (Lipinski definition) is 4. The van der Waals surface area contributed by atoms with E-state index in [-0.39, 0.29) is 5.69 Å². The highest BCUT2D eigenvalue weighted by Crippen LogP contribution is 2.26. The van der Waals surface area contributed by atoms with E-state index in [1.807, 2.05) is 59.3 Å². The molecule has 0 aliphatic heterocycles. The van der Waals surface area contributed by atoms with Gasteiger partial charge < -0.3 is 0 Å². The van der Waals surface area contributed by atoms with Crippen LogP contribution in [0.5, 0.6) is 0 Å². The smallest absolute Gasteiger partial charge is 0.292 e. The Morgan fingerprint density at radius 1 is 0.879 bits per heavy atom. The molecule has 0 spiro atoms. The lowest BCUT2D eigenvalue weighted by Crippen LogP contribution is -2.24. The number of benzene rings is 3. The van der Waals surface area contributed by atoms with Crippen LogP contribution in [-0.2, 0) is 13.0 Å². The van der Waals surface area contributed by atoms with E-state index >= 15 is 0 Å². The number of para-hydroxylation sites is 2. The molecule has 0 aliphatic carbocycles. The second kappa shape index (κ2) is 9.08. The highest BCUT2D eigenvalue weighted by molar-refractivity contribution is 5.72. The van der Waals surface area contributed by atoms with Crippen LogP contribution < -0.4 is 5.69 Å². The summed E-state index contributed by atoms with van der Waals surface area (Å²) in [5.41, 5.74) is 5.99. The van der Waals surface area contributed by atoms with Gasteiger partial charge in [-0.05, 0) is 46.2 Å². The van der Waals surface area contributed by atoms with Crippen LogP contribution in [-0.4, -0.2) is 29.3 Å². The zero-order chi connectivity index (χ0) is 22.6. The molecule has 0 radical (unpaired) electrons. The topological polar surface area (TPSA) is 70.5 Å². The molecule has 7 nitrogen and oxygen atoms in total. The first kappa shape index (κ1) is 20.6. The highest BCUT2D eigenvalue weighted by Gasteiger charge is 2.13. The minimum Gasteiger partial charge on any atom is -0.292 e. The molecule has 0 unspecified atom stereocenters. The molecule has 7 heteroatoms. The number of aromatic nitrogens is 6. The van der Waals surface area contributed by atoms with Crippen LogP contribution in [0.1, 0.15) is 24.6 Å². The van der Waals surface area contributed by atoms with Gasteiger partial charge in [-0.3, -0.25) is 9.13 Å². The Balaban J connectivity index is 1.46. The molecule has 0 bridgehead atoms. The Bertz CT molecular complexity index is 1400. The molecule has 0 N–H and O–H groups in total. The second-order valence-electron chi connectivity index (χ2n) is 7.91. The number of tetrazole rings is 1. The quantitative estimate of drug-likeness (QED) is 0.382. The summed E-state index contributed by atoms with van der Waals surface area (Å²) in [6.07, 6.45) is 5.39. The zero-order valence-electron chi connectivity index (χ0n) is 18.4. The Morgan fingerprint density at radius 3 is 2.36 bits per heavy atom. The number of rotatable bonds is 7. The molecule has 0 fully saturated rings. The van der Waals surface area contributed by atoms with Gasteiger partial charge in [0.25, 0.3) is 0 Å². The molecule has 2 aromatic heterocycles. The lowest BCUT2D eigenvalue weighted by atomic mass is 10.0. The summed E-state index contributed by atoms with van der Waals surface area (Å²) in [5, 5.41) is 11.5. The molecular formula is C26H24N6O. The third-order valence-corrected chi connectivity index (χ3v) is 5.71. The maximum Gasteiger partial charge on any atom is 0.333 e. The molecule has 0 amide bonds. The van der Waals surface area contributed by atoms with E-state index in [0.717, 1.165) is 46.6 Å². The summed E-state index contributed by atoms with van der Waals surface area (Å²) in [5.74, 6) is 0. The zero-order valence-corrected chi connectivity index (χ0v) is 18.4. The minimum absolute atomic E-state index is 0.0160. The summed E-state index contributed by atoms with van der Waals surface area (Å²) >= 11 is 0. The van der Waals surface area contributed by atoms with Crippen molar-refractivity contribution in [2.24, 2.45) is 0 Å². The van der Waals surface area contributed by atoms with Crippen LogP contribution in [0, 0.1) is 0 Å². The fourth-order valence-electron chi connectivity index (χ4n) is 4.09. The van der Waals surface area contributed by atoms with E-state index in [1.165, 1.54) is 0 Å². The fourth-order valence-corrected chi connectivity index (χ4v) is 4.09. The molecule has 0 saturated carbocycles. The van der Waals surface area contributed by atoms with E-state index in [0.29, 0.717) is 6.54 Å². The number of aryl methyl sites for hydroxylation is 1. The van der Waals surface area contributed by atoms with E-state index in [4.69, 9.17) is 0 Å². The third kappa shape index (κ3) is 4.13. The summed E-state index contributed by atoms with van der Waals surface area (Å²) in [6, 6.07) is 26.1. The standard InChI is InChI=1S/C26H24N6O/c1-2-8-23-18-31(22-9-4-3-5-10-22)26(33)30(23)17-20-13-15-21(16-14-20)24-11-6-7-12-25(24)32-19-27-28-29-32/h3-7,9-16,18-19H,2,8,17H2,1H3. The van der Waals surface area contributed by atoms with Gasteiger partial charge in [0, 0.05) is 17.5 Å². The third-order valence-electron chi connectivity index (χ3n) is 5.71. The second-order valence-corrected chi connectivity index (χ2v) is 7.91. The van der Waals surface area contributed by atoms with Gasteiger partial charge in [-0.1, -0.05) is 74.0 Å². The normalized spacial score (nSPS) is 11.1. The molecule has 0 atom stereocenters. The number of imidazole rings is 1. The Kier molecular flexibility index (Phi) is 5.68. The first-order valence-corrected chi connectivity index (χ1v) is 11.0. The molecular weight excluding hydrogens is 412 g/mol. The molecule has 0 aliphatic rings. The van der Waals surface area contributed by atoms with Gasteiger partial charge in [-0.2, -0.15) is 4.68 Å². The molecule has 3 aromatic carbocycles. The molecule has 33 heavy (non-hydrogen) atoms. The maximum absolute atomic E-state index is 13.2. The van der Waals surface area contributed by atoms with E-state index in [1.54, 1.807) is 15.6 Å². The van der Waals surface area contributed by atoms with Gasteiger partial charge >= 0.3 is 5.69 Å². The summed E-state index contributed by atoms with van der Waals surface area (Å²) in [7, 11) is 0. The lowest BCUT2D eigenvalue weighted by Gasteiger charge is -2.10. The van der Waals surface area contributed by atoms with Crippen molar-refractivity contribution in [3.63, 3.8) is 0 Å². The van der Waals surface area contributed by atoms with E-state index in [2.05, 4.69) is 52.8 Å². The van der Waals surface area contributed by atoms with Crippen LogP contribution in [0.25, 0.3) is 22.5 Å². The van der Waals surface area contributed by atoms with Crippen LogP contribution in [0.15, 0.2) is 96.2 Å². The predicted molar refractivity (Wildman–Crippen MR) is 128 cm³/mol. The van der Waals surface area contributed by atoms with Crippen LogP contribution >= 0.6 is 0 Å². The Morgan fingerprint density at radius 2 is 1.64 bits per heavy atom. The summed E-state index contributed by atoms with van der Waals surface area (Å²) < 4.78 is 5.27. The first-order valence-electron chi connectivity index (χ1n) is 11.0. The molecule has 5 rings (SSSR count). The molecule has 0 saturated heterocycles. The van der Waals surface area contributed by atoms with Crippen molar-refractivity contribution in [1.29, 1.82) is 0 Å². The molecule has 2 heterocycles. The Hall–Kier alpha value is -4.26. The summed E-state index contributed by atoms with van der Waals surface area (Å²) in [6.45, 7) is 2.66. The van der Waals surface area contributed by atoms with Crippen molar-refractivity contribution in [3.8, 4) is 22.5 Å². The highest BCUT2D eigenvalue weighted by atomic mass is 16.1. The van der Waals surface area contributed by atoms with Crippen molar-refractivity contribution < 1.29 is 0 Å². The van der Waals surface area contributed by atoms with Gasteiger partial charge in [-0.15, -0.1) is 5.10 Å². The summed E-state index contributed by atoms with van der Waals surface area (Å²) in [4.78, 5) is 13.2. The number of hydrogen-bond donors (Lipinski definition) is 0. The van der Waals surface area contributed by atoms with Crippen molar-refractivity contribution >= 4 is 0 Å². The average molecular weight is 437 g/mol. The first-order chi connectivity index (χ1) is 16.2. The van der Waals surface area contributed by atoms with Crippen LogP contribution in [0.4, 0.5) is 0 Å². The Labute approximate surface area is 191 Å². The average Bonchev–Trinajstić information content (AvgIpc) is 3.50.